The molecule has 0 aliphatic heterocycles. The molecule has 0 aromatic heterocycles. The highest BCUT2D eigenvalue weighted by Gasteiger charge is 2.06. The van der Waals surface area contributed by atoms with E-state index >= 15 is 0 Å². The molecule has 0 saturated carbocycles. The Bertz CT molecular complexity index is 341. The molecular weight excluding hydrogens is 228 g/mol. The Morgan fingerprint density at radius 2 is 2.11 bits per heavy atom. The molecule has 1 rings (SSSR count). The van der Waals surface area contributed by atoms with Gasteiger partial charge in [0.15, 0.2) is 0 Å². The summed E-state index contributed by atoms with van der Waals surface area (Å²) in [5.41, 5.74) is 7.11. The zero-order valence-corrected chi connectivity index (χ0v) is 10.9. The van der Waals surface area contributed by atoms with Crippen LogP contribution in [0.5, 0.6) is 0 Å². The van der Waals surface area contributed by atoms with Gasteiger partial charge in [0.2, 0.25) is 5.91 Å². The third-order valence-electron chi connectivity index (χ3n) is 2.59. The van der Waals surface area contributed by atoms with Gasteiger partial charge in [0, 0.05) is 19.2 Å². The summed E-state index contributed by atoms with van der Waals surface area (Å²) in [4.78, 5) is 11.4. The molecule has 4 nitrogen and oxygen atoms in total. The van der Waals surface area contributed by atoms with Crippen LogP contribution in [0, 0.1) is 0 Å². The van der Waals surface area contributed by atoms with Crippen LogP contribution in [-0.4, -0.2) is 25.7 Å². The zero-order valence-electron chi connectivity index (χ0n) is 10.9. The lowest BCUT2D eigenvalue weighted by molar-refractivity contribution is -0.125. The Hall–Kier alpha value is -1.39. The fraction of sp³-hybridized carbons (Fsp3) is 0.500. The van der Waals surface area contributed by atoms with Crippen LogP contribution in [-0.2, 0) is 9.53 Å². The number of carbonyl (C=O) groups excluding carboxylic acids is 1. The number of nitrogens with two attached hydrogens (primary N) is 1. The van der Waals surface area contributed by atoms with Crippen molar-refractivity contribution in [3.8, 4) is 0 Å². The monoisotopic (exact) mass is 250 g/mol. The van der Waals surface area contributed by atoms with Crippen LogP contribution < -0.4 is 11.1 Å². The van der Waals surface area contributed by atoms with Gasteiger partial charge in [-0.1, -0.05) is 37.3 Å². The first-order valence-electron chi connectivity index (χ1n) is 6.39. The predicted octanol–water partition coefficient (Wildman–Crippen LogP) is 1.62. The number of nitrogens with one attached hydrogen (secondary N) is 1. The summed E-state index contributed by atoms with van der Waals surface area (Å²) in [7, 11) is 0. The van der Waals surface area contributed by atoms with Gasteiger partial charge in [-0.3, -0.25) is 4.79 Å². The molecule has 1 aromatic carbocycles. The normalized spacial score (nSPS) is 12.1. The maximum Gasteiger partial charge on any atom is 0.245 e. The second-order valence-corrected chi connectivity index (χ2v) is 4.21. The molecule has 1 unspecified atom stereocenters. The van der Waals surface area contributed by atoms with Crippen LogP contribution in [0.25, 0.3) is 0 Å². The van der Waals surface area contributed by atoms with Crippen molar-refractivity contribution in [2.24, 2.45) is 5.73 Å². The molecule has 100 valence electrons. The molecule has 0 saturated heterocycles. The summed E-state index contributed by atoms with van der Waals surface area (Å²) in [5, 5.41) is 2.80. The molecule has 1 aromatic rings. The van der Waals surface area contributed by atoms with E-state index in [9.17, 15) is 4.79 Å². The average Bonchev–Trinajstić information content (AvgIpc) is 2.40. The predicted molar refractivity (Wildman–Crippen MR) is 72.1 cm³/mol. The maximum absolute atomic E-state index is 11.4. The van der Waals surface area contributed by atoms with Gasteiger partial charge in [0.1, 0.15) is 6.61 Å². The van der Waals surface area contributed by atoms with Gasteiger partial charge < -0.3 is 15.8 Å². The van der Waals surface area contributed by atoms with Crippen molar-refractivity contribution in [3.05, 3.63) is 35.9 Å². The van der Waals surface area contributed by atoms with E-state index in [2.05, 4.69) is 5.32 Å². The highest BCUT2D eigenvalue weighted by atomic mass is 16.5. The molecule has 18 heavy (non-hydrogen) atoms. The van der Waals surface area contributed by atoms with Gasteiger partial charge in [-0.15, -0.1) is 0 Å². The summed E-state index contributed by atoms with van der Waals surface area (Å²) in [6.07, 6.45) is 1.65. The van der Waals surface area contributed by atoms with Crippen LogP contribution in [0.3, 0.4) is 0 Å². The molecule has 0 fully saturated rings. The standard InChI is InChI=1S/C14H22N2O2/c1-2-10-18-11-14(17)16-9-8-13(15)12-6-4-3-5-7-12/h3-7,13H,2,8-11,15H2,1H3,(H,16,17). The topological polar surface area (TPSA) is 64.3 Å². The summed E-state index contributed by atoms with van der Waals surface area (Å²) in [6.45, 7) is 3.34. The molecule has 1 atom stereocenters. The second kappa shape index (κ2) is 8.66. The number of benzene rings is 1. The SMILES string of the molecule is CCCOCC(=O)NCCC(N)c1ccccc1. The Morgan fingerprint density at radius 3 is 2.78 bits per heavy atom. The van der Waals surface area contributed by atoms with Crippen molar-refractivity contribution in [3.63, 3.8) is 0 Å². The minimum atomic E-state index is -0.0799. The first kappa shape index (κ1) is 14.7. The van der Waals surface area contributed by atoms with E-state index in [4.69, 9.17) is 10.5 Å². The summed E-state index contributed by atoms with van der Waals surface area (Å²) in [5.74, 6) is -0.0799. The number of amides is 1. The van der Waals surface area contributed by atoms with E-state index in [0.29, 0.717) is 13.2 Å². The van der Waals surface area contributed by atoms with Gasteiger partial charge >= 0.3 is 0 Å². The van der Waals surface area contributed by atoms with Crippen LogP contribution in [0.4, 0.5) is 0 Å². The fourth-order valence-corrected chi connectivity index (χ4v) is 1.59. The molecule has 4 heteroatoms. The van der Waals surface area contributed by atoms with E-state index in [1.54, 1.807) is 0 Å². The molecule has 0 aliphatic carbocycles. The smallest absolute Gasteiger partial charge is 0.245 e. The zero-order chi connectivity index (χ0) is 13.2. The van der Waals surface area contributed by atoms with Crippen LogP contribution in [0.15, 0.2) is 30.3 Å². The molecule has 3 N–H and O–H groups in total. The van der Waals surface area contributed by atoms with E-state index < -0.39 is 0 Å². The van der Waals surface area contributed by atoms with Crippen LogP contribution in [0.2, 0.25) is 0 Å². The van der Waals surface area contributed by atoms with Gasteiger partial charge in [0.05, 0.1) is 0 Å². The fourth-order valence-electron chi connectivity index (χ4n) is 1.59. The van der Waals surface area contributed by atoms with Crippen molar-refractivity contribution >= 4 is 5.91 Å². The lowest BCUT2D eigenvalue weighted by Gasteiger charge is -2.12. The lowest BCUT2D eigenvalue weighted by atomic mass is 10.1. The number of ether oxygens (including phenoxy) is 1. The van der Waals surface area contributed by atoms with Gasteiger partial charge in [-0.2, -0.15) is 0 Å². The summed E-state index contributed by atoms with van der Waals surface area (Å²) < 4.78 is 5.14. The summed E-state index contributed by atoms with van der Waals surface area (Å²) in [6, 6.07) is 9.85. The maximum atomic E-state index is 11.4. The van der Waals surface area contributed by atoms with E-state index in [0.717, 1.165) is 18.4 Å². The first-order valence-corrected chi connectivity index (χ1v) is 6.39. The third kappa shape index (κ3) is 5.80. The molecule has 0 aliphatic rings. The average molecular weight is 250 g/mol. The second-order valence-electron chi connectivity index (χ2n) is 4.21. The van der Waals surface area contributed by atoms with Crippen molar-refractivity contribution in [2.75, 3.05) is 19.8 Å². The number of carbonyl (C=O) groups is 1. The first-order chi connectivity index (χ1) is 8.74. The van der Waals surface area contributed by atoms with E-state index in [1.807, 2.05) is 37.3 Å². The van der Waals surface area contributed by atoms with Crippen molar-refractivity contribution in [2.45, 2.75) is 25.8 Å². The minimum absolute atomic E-state index is 0.0388. The van der Waals surface area contributed by atoms with Gasteiger partial charge in [-0.05, 0) is 18.4 Å². The largest absolute Gasteiger partial charge is 0.372 e. The molecule has 0 heterocycles. The third-order valence-corrected chi connectivity index (χ3v) is 2.59. The highest BCUT2D eigenvalue weighted by Crippen LogP contribution is 2.11. The van der Waals surface area contributed by atoms with Crippen LogP contribution >= 0.6 is 0 Å². The molecule has 0 radical (unpaired) electrons. The van der Waals surface area contributed by atoms with E-state index in [1.165, 1.54) is 0 Å². The quantitative estimate of drug-likeness (QED) is 0.689. The lowest BCUT2D eigenvalue weighted by Crippen LogP contribution is -2.30. The molecule has 0 spiro atoms. The number of rotatable bonds is 8. The van der Waals surface area contributed by atoms with Crippen LogP contribution in [0.1, 0.15) is 31.4 Å². The number of hydrogen-bond donors (Lipinski definition) is 2. The van der Waals surface area contributed by atoms with Gasteiger partial charge in [-0.25, -0.2) is 0 Å². The Morgan fingerprint density at radius 1 is 1.39 bits per heavy atom. The van der Waals surface area contributed by atoms with Crippen molar-refractivity contribution in [1.29, 1.82) is 0 Å². The Kier molecular flexibility index (Phi) is 7.06. The molecular formula is C14H22N2O2. The highest BCUT2D eigenvalue weighted by molar-refractivity contribution is 5.77. The Labute approximate surface area is 109 Å². The van der Waals surface area contributed by atoms with Gasteiger partial charge in [0.25, 0.3) is 0 Å². The van der Waals surface area contributed by atoms with E-state index in [-0.39, 0.29) is 18.6 Å². The minimum Gasteiger partial charge on any atom is -0.372 e. The van der Waals surface area contributed by atoms with Crippen molar-refractivity contribution < 1.29 is 9.53 Å². The Balaban J connectivity index is 2.16. The van der Waals surface area contributed by atoms with Crippen molar-refractivity contribution in [1.82, 2.24) is 5.32 Å². The molecule has 0 bridgehead atoms. The number of hydrogen-bond acceptors (Lipinski definition) is 3. The summed E-state index contributed by atoms with van der Waals surface area (Å²) >= 11 is 0. The molecule has 1 amide bonds.